The van der Waals surface area contributed by atoms with E-state index >= 15 is 0 Å². The van der Waals surface area contributed by atoms with Gasteiger partial charge in [0.2, 0.25) is 0 Å². The van der Waals surface area contributed by atoms with Crippen LogP contribution in [0.1, 0.15) is 18.9 Å². The predicted molar refractivity (Wildman–Crippen MR) is 62.8 cm³/mol. The van der Waals surface area contributed by atoms with Gasteiger partial charge < -0.3 is 0 Å². The summed E-state index contributed by atoms with van der Waals surface area (Å²) in [4.78, 5) is 0.827. The van der Waals surface area contributed by atoms with Crippen LogP contribution in [-0.2, 0) is 0 Å². The lowest BCUT2D eigenvalue weighted by Gasteiger charge is -2.05. The maximum Gasteiger partial charge on any atom is 0.00433 e. The molecule has 0 aromatic heterocycles. The summed E-state index contributed by atoms with van der Waals surface area (Å²) in [5.74, 6) is 0. The molecule has 0 N–H and O–H groups in total. The van der Waals surface area contributed by atoms with E-state index in [0.717, 1.165) is 16.9 Å². The first-order valence-corrected chi connectivity index (χ1v) is 4.84. The highest BCUT2D eigenvalue weighted by molar-refractivity contribution is 7.85. The molecule has 68 valence electrons. The van der Waals surface area contributed by atoms with Gasteiger partial charge in [-0.05, 0) is 17.6 Å². The van der Waals surface area contributed by atoms with Crippen molar-refractivity contribution in [2.75, 3.05) is 0 Å². The molecule has 1 heteroatoms. The first-order valence-electron chi connectivity index (χ1n) is 4.39. The van der Waals surface area contributed by atoms with Gasteiger partial charge >= 0.3 is 0 Å². The first-order chi connectivity index (χ1) is 6.25. The fourth-order valence-electron chi connectivity index (χ4n) is 1.22. The average Bonchev–Trinajstić information content (AvgIpc) is 2.15. The van der Waals surface area contributed by atoms with Crippen molar-refractivity contribution in [1.29, 1.82) is 0 Å². The molecule has 0 radical (unpaired) electrons. The number of hydrogen-bond donors (Lipinski definition) is 1. The summed E-state index contributed by atoms with van der Waals surface area (Å²) in [7, 11) is 0. The Bertz CT molecular complexity index is 309. The van der Waals surface area contributed by atoms with E-state index in [2.05, 4.69) is 44.3 Å². The van der Waals surface area contributed by atoms with Gasteiger partial charge in [0, 0.05) is 4.91 Å². The lowest BCUT2D eigenvalue weighted by molar-refractivity contribution is 1.23. The van der Waals surface area contributed by atoms with E-state index < -0.39 is 0 Å². The smallest absolute Gasteiger partial charge is 0.00433 e. The molecule has 0 saturated carbocycles. The molecular weight excluding hydrogens is 176 g/mol. The van der Waals surface area contributed by atoms with Crippen molar-refractivity contribution in [2.45, 2.75) is 13.3 Å². The molecule has 0 nitrogen and oxygen atoms in total. The molecule has 0 aliphatic carbocycles. The molecule has 13 heavy (non-hydrogen) atoms. The second-order valence-electron chi connectivity index (χ2n) is 2.84. The molecule has 0 aliphatic rings. The maximum absolute atomic E-state index is 4.28. The van der Waals surface area contributed by atoms with Crippen molar-refractivity contribution in [3.05, 3.63) is 53.5 Å². The van der Waals surface area contributed by atoms with Crippen molar-refractivity contribution < 1.29 is 0 Å². The molecular formula is C12H14S. The summed E-state index contributed by atoms with van der Waals surface area (Å²) in [6, 6.07) is 10.2. The number of benzene rings is 1. The van der Waals surface area contributed by atoms with Crippen LogP contribution in [0.4, 0.5) is 0 Å². The van der Waals surface area contributed by atoms with Crippen LogP contribution in [0.3, 0.4) is 0 Å². The minimum Gasteiger partial charge on any atom is -0.143 e. The molecule has 0 aliphatic heterocycles. The van der Waals surface area contributed by atoms with Gasteiger partial charge in [-0.1, -0.05) is 49.9 Å². The van der Waals surface area contributed by atoms with Gasteiger partial charge in [-0.15, -0.1) is 12.6 Å². The SMILES string of the molecule is C=C(S)/C(=C\CC)c1ccccc1. The Balaban J connectivity index is 3.03. The summed E-state index contributed by atoms with van der Waals surface area (Å²) in [5, 5.41) is 0. The standard InChI is InChI=1S/C12H14S/c1-3-7-12(10(2)13)11-8-5-4-6-9-11/h4-9,13H,2-3H2,1H3/b12-7+. The summed E-state index contributed by atoms with van der Waals surface area (Å²) in [6.45, 7) is 5.96. The van der Waals surface area contributed by atoms with Gasteiger partial charge in [0.25, 0.3) is 0 Å². The number of hydrogen-bond acceptors (Lipinski definition) is 1. The monoisotopic (exact) mass is 190 g/mol. The first kappa shape index (κ1) is 10.1. The topological polar surface area (TPSA) is 0 Å². The molecule has 1 aromatic carbocycles. The Kier molecular flexibility index (Phi) is 3.84. The van der Waals surface area contributed by atoms with Gasteiger partial charge in [-0.25, -0.2) is 0 Å². The Morgan fingerprint density at radius 1 is 1.38 bits per heavy atom. The molecule has 0 spiro atoms. The minimum absolute atomic E-state index is 0.827. The largest absolute Gasteiger partial charge is 0.143 e. The lowest BCUT2D eigenvalue weighted by atomic mass is 10.1. The molecule has 0 bridgehead atoms. The molecule has 0 amide bonds. The van der Waals surface area contributed by atoms with Crippen LogP contribution < -0.4 is 0 Å². The summed E-state index contributed by atoms with van der Waals surface area (Å²) >= 11 is 4.28. The highest BCUT2D eigenvalue weighted by Gasteiger charge is 2.00. The molecule has 0 heterocycles. The molecule has 0 saturated heterocycles. The molecule has 1 rings (SSSR count). The Morgan fingerprint density at radius 3 is 2.46 bits per heavy atom. The van der Waals surface area contributed by atoms with E-state index in [1.165, 1.54) is 5.56 Å². The molecule has 1 aromatic rings. The van der Waals surface area contributed by atoms with Crippen LogP contribution in [0.2, 0.25) is 0 Å². The highest BCUT2D eigenvalue weighted by atomic mass is 32.1. The van der Waals surface area contributed by atoms with Crippen LogP contribution in [0, 0.1) is 0 Å². The zero-order valence-electron chi connectivity index (χ0n) is 7.83. The Morgan fingerprint density at radius 2 is 2.00 bits per heavy atom. The lowest BCUT2D eigenvalue weighted by Crippen LogP contribution is -1.82. The van der Waals surface area contributed by atoms with E-state index in [1.807, 2.05) is 18.2 Å². The highest BCUT2D eigenvalue weighted by Crippen LogP contribution is 2.24. The van der Waals surface area contributed by atoms with Crippen molar-refractivity contribution in [1.82, 2.24) is 0 Å². The van der Waals surface area contributed by atoms with Gasteiger partial charge in [0.1, 0.15) is 0 Å². The predicted octanol–water partition coefficient (Wildman–Crippen LogP) is 3.92. The third kappa shape index (κ3) is 2.78. The minimum atomic E-state index is 0.827. The fourth-order valence-corrected chi connectivity index (χ4v) is 1.44. The fraction of sp³-hybridized carbons (Fsp3) is 0.167. The van der Waals surface area contributed by atoms with E-state index in [0.29, 0.717) is 0 Å². The zero-order valence-corrected chi connectivity index (χ0v) is 8.72. The van der Waals surface area contributed by atoms with Crippen LogP contribution in [0.5, 0.6) is 0 Å². The summed E-state index contributed by atoms with van der Waals surface area (Å²) in [5.41, 5.74) is 2.32. The van der Waals surface area contributed by atoms with Crippen LogP contribution in [0.15, 0.2) is 47.9 Å². The van der Waals surface area contributed by atoms with Crippen molar-refractivity contribution >= 4 is 18.2 Å². The number of thiol groups is 1. The number of allylic oxidation sites excluding steroid dienone is 2. The van der Waals surface area contributed by atoms with E-state index in [9.17, 15) is 0 Å². The maximum atomic E-state index is 4.28. The summed E-state index contributed by atoms with van der Waals surface area (Å²) < 4.78 is 0. The van der Waals surface area contributed by atoms with E-state index in [1.54, 1.807) is 0 Å². The third-order valence-corrected chi connectivity index (χ3v) is 2.04. The molecule has 0 atom stereocenters. The van der Waals surface area contributed by atoms with Crippen LogP contribution >= 0.6 is 12.6 Å². The second-order valence-corrected chi connectivity index (χ2v) is 3.38. The van der Waals surface area contributed by atoms with Crippen molar-refractivity contribution in [3.63, 3.8) is 0 Å². The van der Waals surface area contributed by atoms with Crippen molar-refractivity contribution in [3.8, 4) is 0 Å². The quantitative estimate of drug-likeness (QED) is 0.542. The average molecular weight is 190 g/mol. The molecule has 0 unspecified atom stereocenters. The van der Waals surface area contributed by atoms with Gasteiger partial charge in [0.15, 0.2) is 0 Å². The third-order valence-electron chi connectivity index (χ3n) is 1.80. The van der Waals surface area contributed by atoms with Crippen LogP contribution in [0.25, 0.3) is 5.57 Å². The second kappa shape index (κ2) is 4.93. The van der Waals surface area contributed by atoms with Gasteiger partial charge in [-0.2, -0.15) is 0 Å². The van der Waals surface area contributed by atoms with Crippen molar-refractivity contribution in [2.24, 2.45) is 0 Å². The Hall–Kier alpha value is -0.950. The number of rotatable bonds is 3. The Labute approximate surface area is 85.4 Å². The zero-order chi connectivity index (χ0) is 9.68. The molecule has 0 fully saturated rings. The van der Waals surface area contributed by atoms with E-state index in [4.69, 9.17) is 0 Å². The van der Waals surface area contributed by atoms with E-state index in [-0.39, 0.29) is 0 Å². The van der Waals surface area contributed by atoms with Crippen LogP contribution in [-0.4, -0.2) is 0 Å². The normalized spacial score (nSPS) is 11.4. The van der Waals surface area contributed by atoms with Gasteiger partial charge in [-0.3, -0.25) is 0 Å². The summed E-state index contributed by atoms with van der Waals surface area (Å²) in [6.07, 6.45) is 3.15. The van der Waals surface area contributed by atoms with Gasteiger partial charge in [0.05, 0.1) is 0 Å².